The quantitative estimate of drug-likeness (QED) is 0.700. The molecule has 0 saturated carbocycles. The van der Waals surface area contributed by atoms with Gasteiger partial charge in [-0.1, -0.05) is 44.2 Å². The van der Waals surface area contributed by atoms with Crippen LogP contribution in [0.15, 0.2) is 30.3 Å². The van der Waals surface area contributed by atoms with E-state index in [1.165, 1.54) is 0 Å². The van der Waals surface area contributed by atoms with Crippen LogP contribution in [0, 0.1) is 0 Å². The van der Waals surface area contributed by atoms with Crippen molar-refractivity contribution in [1.82, 2.24) is 5.32 Å². The molecule has 106 valence electrons. The molecule has 4 nitrogen and oxygen atoms in total. The molecule has 1 atom stereocenters. The highest BCUT2D eigenvalue weighted by Crippen LogP contribution is 2.17. The SMILES string of the molecule is CCC(CC)(CN)NC(=O)CC(N)c1ccccc1. The highest BCUT2D eigenvalue weighted by atomic mass is 16.1. The summed E-state index contributed by atoms with van der Waals surface area (Å²) < 4.78 is 0. The number of rotatable bonds is 7. The Morgan fingerprint density at radius 1 is 1.26 bits per heavy atom. The van der Waals surface area contributed by atoms with Crippen molar-refractivity contribution in [3.63, 3.8) is 0 Å². The van der Waals surface area contributed by atoms with Crippen LogP contribution in [0.25, 0.3) is 0 Å². The molecular weight excluding hydrogens is 238 g/mol. The van der Waals surface area contributed by atoms with Crippen LogP contribution in [0.5, 0.6) is 0 Å². The summed E-state index contributed by atoms with van der Waals surface area (Å²) in [5, 5.41) is 3.04. The van der Waals surface area contributed by atoms with Gasteiger partial charge >= 0.3 is 0 Å². The van der Waals surface area contributed by atoms with Gasteiger partial charge < -0.3 is 16.8 Å². The van der Waals surface area contributed by atoms with Gasteiger partial charge in [0.15, 0.2) is 0 Å². The summed E-state index contributed by atoms with van der Waals surface area (Å²) in [6.45, 7) is 4.52. The summed E-state index contributed by atoms with van der Waals surface area (Å²) in [5.74, 6) is -0.0366. The Morgan fingerprint density at radius 2 is 1.84 bits per heavy atom. The van der Waals surface area contributed by atoms with Crippen LogP contribution in [0.1, 0.15) is 44.7 Å². The fraction of sp³-hybridized carbons (Fsp3) is 0.533. The number of nitrogens with one attached hydrogen (secondary N) is 1. The number of benzene rings is 1. The zero-order chi connectivity index (χ0) is 14.3. The van der Waals surface area contributed by atoms with Gasteiger partial charge in [-0.25, -0.2) is 0 Å². The second-order valence-electron chi connectivity index (χ2n) is 4.96. The second-order valence-corrected chi connectivity index (χ2v) is 4.96. The monoisotopic (exact) mass is 263 g/mol. The van der Waals surface area contributed by atoms with E-state index < -0.39 is 0 Å². The number of nitrogens with two attached hydrogens (primary N) is 2. The maximum absolute atomic E-state index is 12.1. The number of carbonyl (C=O) groups is 1. The van der Waals surface area contributed by atoms with E-state index in [0.717, 1.165) is 18.4 Å². The maximum atomic E-state index is 12.1. The van der Waals surface area contributed by atoms with Gasteiger partial charge in [0, 0.05) is 19.0 Å². The molecule has 0 aliphatic heterocycles. The van der Waals surface area contributed by atoms with Gasteiger partial charge in [0.25, 0.3) is 0 Å². The standard InChI is InChI=1S/C15H25N3O/c1-3-15(4-2,11-16)18-14(19)10-13(17)12-8-6-5-7-9-12/h5-9,13H,3-4,10-11,16-17H2,1-2H3,(H,18,19). The predicted molar refractivity (Wildman–Crippen MR) is 78.5 cm³/mol. The minimum absolute atomic E-state index is 0.0366. The van der Waals surface area contributed by atoms with E-state index in [2.05, 4.69) is 5.32 Å². The van der Waals surface area contributed by atoms with E-state index in [1.807, 2.05) is 44.2 Å². The first-order chi connectivity index (χ1) is 9.06. The van der Waals surface area contributed by atoms with Gasteiger partial charge in [-0.05, 0) is 18.4 Å². The molecule has 0 aliphatic rings. The van der Waals surface area contributed by atoms with Gasteiger partial charge in [-0.3, -0.25) is 4.79 Å². The summed E-state index contributed by atoms with van der Waals surface area (Å²) in [7, 11) is 0. The lowest BCUT2D eigenvalue weighted by atomic mass is 9.92. The van der Waals surface area contributed by atoms with Crippen molar-refractivity contribution in [2.75, 3.05) is 6.54 Å². The van der Waals surface area contributed by atoms with Gasteiger partial charge in [-0.2, -0.15) is 0 Å². The number of hydrogen-bond donors (Lipinski definition) is 3. The molecule has 0 saturated heterocycles. The molecule has 0 heterocycles. The van der Waals surface area contributed by atoms with Gasteiger partial charge in [0.1, 0.15) is 0 Å². The molecule has 0 bridgehead atoms. The molecule has 1 rings (SSSR count). The molecule has 1 amide bonds. The number of carbonyl (C=O) groups excluding carboxylic acids is 1. The normalized spacial score (nSPS) is 13.1. The van der Waals surface area contributed by atoms with Gasteiger partial charge in [-0.15, -0.1) is 0 Å². The van der Waals surface area contributed by atoms with Crippen molar-refractivity contribution >= 4 is 5.91 Å². The van der Waals surface area contributed by atoms with Crippen LogP contribution in [-0.2, 0) is 4.79 Å². The predicted octanol–water partition coefficient (Wildman–Crippen LogP) is 1.71. The Bertz CT molecular complexity index is 379. The molecule has 0 fully saturated rings. The lowest BCUT2D eigenvalue weighted by Crippen LogP contribution is -2.53. The topological polar surface area (TPSA) is 81.1 Å². The van der Waals surface area contributed by atoms with Crippen molar-refractivity contribution in [2.45, 2.75) is 44.7 Å². The van der Waals surface area contributed by atoms with E-state index in [4.69, 9.17) is 11.5 Å². The van der Waals surface area contributed by atoms with E-state index in [1.54, 1.807) is 0 Å². The van der Waals surface area contributed by atoms with Crippen LogP contribution in [0.2, 0.25) is 0 Å². The highest BCUT2D eigenvalue weighted by Gasteiger charge is 2.26. The number of hydrogen-bond acceptors (Lipinski definition) is 3. The first-order valence-corrected chi connectivity index (χ1v) is 6.88. The Hall–Kier alpha value is -1.39. The van der Waals surface area contributed by atoms with Crippen molar-refractivity contribution in [2.24, 2.45) is 11.5 Å². The van der Waals surface area contributed by atoms with E-state index in [9.17, 15) is 4.79 Å². The third-order valence-corrected chi connectivity index (χ3v) is 3.78. The van der Waals surface area contributed by atoms with Crippen LogP contribution >= 0.6 is 0 Å². The number of amides is 1. The molecule has 0 spiro atoms. The van der Waals surface area contributed by atoms with Crippen LogP contribution in [-0.4, -0.2) is 18.0 Å². The van der Waals surface area contributed by atoms with Crippen LogP contribution in [0.3, 0.4) is 0 Å². The molecule has 1 aromatic rings. The molecule has 5 N–H and O–H groups in total. The molecule has 0 radical (unpaired) electrons. The average Bonchev–Trinajstić information content (AvgIpc) is 2.46. The van der Waals surface area contributed by atoms with Crippen molar-refractivity contribution in [1.29, 1.82) is 0 Å². The van der Waals surface area contributed by atoms with Crippen molar-refractivity contribution < 1.29 is 4.79 Å². The lowest BCUT2D eigenvalue weighted by molar-refractivity contribution is -0.123. The van der Waals surface area contributed by atoms with E-state index in [-0.39, 0.29) is 23.9 Å². The van der Waals surface area contributed by atoms with Crippen molar-refractivity contribution in [3.8, 4) is 0 Å². The third kappa shape index (κ3) is 4.33. The minimum atomic E-state index is -0.298. The Labute approximate surface area is 115 Å². The summed E-state index contributed by atoms with van der Waals surface area (Å²) in [5.41, 5.74) is 12.5. The van der Waals surface area contributed by atoms with Crippen LogP contribution < -0.4 is 16.8 Å². The second kappa shape index (κ2) is 7.26. The summed E-state index contributed by atoms with van der Waals surface area (Å²) in [4.78, 5) is 12.1. The third-order valence-electron chi connectivity index (χ3n) is 3.78. The van der Waals surface area contributed by atoms with Crippen LogP contribution in [0.4, 0.5) is 0 Å². The molecule has 4 heteroatoms. The van der Waals surface area contributed by atoms with Gasteiger partial charge in [0.2, 0.25) is 5.91 Å². The minimum Gasteiger partial charge on any atom is -0.349 e. The molecular formula is C15H25N3O. The molecule has 0 aromatic heterocycles. The fourth-order valence-corrected chi connectivity index (χ4v) is 2.13. The average molecular weight is 263 g/mol. The zero-order valence-electron chi connectivity index (χ0n) is 11.9. The summed E-state index contributed by atoms with van der Waals surface area (Å²) in [6, 6.07) is 9.39. The first-order valence-electron chi connectivity index (χ1n) is 6.88. The Morgan fingerprint density at radius 3 is 2.32 bits per heavy atom. The van der Waals surface area contributed by atoms with E-state index >= 15 is 0 Å². The summed E-state index contributed by atoms with van der Waals surface area (Å²) >= 11 is 0. The largest absolute Gasteiger partial charge is 0.349 e. The fourth-order valence-electron chi connectivity index (χ4n) is 2.13. The zero-order valence-corrected chi connectivity index (χ0v) is 11.9. The van der Waals surface area contributed by atoms with Crippen molar-refractivity contribution in [3.05, 3.63) is 35.9 Å². The molecule has 1 aromatic carbocycles. The van der Waals surface area contributed by atoms with Gasteiger partial charge in [0.05, 0.1) is 5.54 Å². The van der Waals surface area contributed by atoms with E-state index in [0.29, 0.717) is 6.54 Å². The smallest absolute Gasteiger partial charge is 0.222 e. The first kappa shape index (κ1) is 15.7. The lowest BCUT2D eigenvalue weighted by Gasteiger charge is -2.32. The summed E-state index contributed by atoms with van der Waals surface area (Å²) in [6.07, 6.45) is 1.93. The molecule has 1 unspecified atom stereocenters. The molecule has 19 heavy (non-hydrogen) atoms. The molecule has 0 aliphatic carbocycles. The Kier molecular flexibility index (Phi) is 5.99. The Balaban J connectivity index is 2.60. The maximum Gasteiger partial charge on any atom is 0.222 e. The highest BCUT2D eigenvalue weighted by molar-refractivity contribution is 5.77.